The smallest absolute Gasteiger partial charge is 0.262 e. The summed E-state index contributed by atoms with van der Waals surface area (Å²) in [6.07, 6.45) is 4.95. The van der Waals surface area contributed by atoms with E-state index in [-0.39, 0.29) is 5.56 Å². The topological polar surface area (TPSA) is 52.2 Å². The monoisotopic (exact) mass is 426 g/mol. The Morgan fingerprint density at radius 1 is 1.21 bits per heavy atom. The van der Waals surface area contributed by atoms with Crippen molar-refractivity contribution in [3.8, 4) is 0 Å². The van der Waals surface area contributed by atoms with Crippen LogP contribution in [0.25, 0.3) is 16.6 Å². The van der Waals surface area contributed by atoms with Gasteiger partial charge in [0.05, 0.1) is 16.6 Å². The van der Waals surface area contributed by atoms with Gasteiger partial charge in [0.1, 0.15) is 5.65 Å². The van der Waals surface area contributed by atoms with Gasteiger partial charge in [0.15, 0.2) is 5.16 Å². The highest BCUT2D eigenvalue weighted by atomic mass is 35.5. The Kier molecular flexibility index (Phi) is 5.65. The van der Waals surface area contributed by atoms with Crippen LogP contribution in [0.3, 0.4) is 0 Å². The minimum Gasteiger partial charge on any atom is -0.307 e. The third-order valence-electron chi connectivity index (χ3n) is 4.89. The van der Waals surface area contributed by atoms with E-state index in [1.165, 1.54) is 0 Å². The lowest BCUT2D eigenvalue weighted by molar-refractivity contribution is 0.481. The summed E-state index contributed by atoms with van der Waals surface area (Å²) >= 11 is 7.67. The normalized spacial score (nSPS) is 11.8. The van der Waals surface area contributed by atoms with Gasteiger partial charge in [-0.25, -0.2) is 9.97 Å². The lowest BCUT2D eigenvalue weighted by atomic mass is 10.1. The molecule has 0 aliphatic heterocycles. The van der Waals surface area contributed by atoms with Gasteiger partial charge in [0.25, 0.3) is 5.56 Å². The number of aromatic nitrogens is 4. The standard InChI is InChI=1S/C22H23ClN4OS/c1-14(2)8-10-27-21(28)18-7-6-16(23)11-19(18)25-22(27)29-13-17-12-26-9-4-5-15(3)20(26)24-17/h4-7,9,11-12,14H,8,10,13H2,1-3H3. The van der Waals surface area contributed by atoms with Gasteiger partial charge in [0, 0.05) is 29.7 Å². The minimum atomic E-state index is -0.0133. The van der Waals surface area contributed by atoms with Crippen LogP contribution < -0.4 is 5.56 Å². The molecule has 0 aliphatic carbocycles. The Bertz CT molecular complexity index is 1250. The first-order valence-corrected chi connectivity index (χ1v) is 11.0. The van der Waals surface area contributed by atoms with Crippen LogP contribution in [-0.4, -0.2) is 18.9 Å². The third kappa shape index (κ3) is 4.19. The van der Waals surface area contributed by atoms with Gasteiger partial charge in [-0.05, 0) is 49.1 Å². The van der Waals surface area contributed by atoms with E-state index >= 15 is 0 Å². The van der Waals surface area contributed by atoms with E-state index in [0.717, 1.165) is 23.3 Å². The van der Waals surface area contributed by atoms with Crippen LogP contribution >= 0.6 is 23.4 Å². The summed E-state index contributed by atoms with van der Waals surface area (Å²) in [5, 5.41) is 1.89. The number of hydrogen-bond acceptors (Lipinski definition) is 4. The zero-order valence-electron chi connectivity index (χ0n) is 16.7. The molecule has 0 atom stereocenters. The van der Waals surface area contributed by atoms with Crippen molar-refractivity contribution in [1.82, 2.24) is 18.9 Å². The highest BCUT2D eigenvalue weighted by molar-refractivity contribution is 7.98. The number of nitrogens with zero attached hydrogens (tertiary/aromatic N) is 4. The van der Waals surface area contributed by atoms with Crippen LogP contribution in [0.1, 0.15) is 31.5 Å². The Labute approximate surface area is 178 Å². The number of benzene rings is 1. The summed E-state index contributed by atoms with van der Waals surface area (Å²) < 4.78 is 3.83. The maximum atomic E-state index is 13.1. The summed E-state index contributed by atoms with van der Waals surface area (Å²) in [7, 11) is 0. The van der Waals surface area contributed by atoms with Crippen molar-refractivity contribution in [3.63, 3.8) is 0 Å². The average molecular weight is 427 g/mol. The van der Waals surface area contributed by atoms with Crippen LogP contribution in [-0.2, 0) is 12.3 Å². The lowest BCUT2D eigenvalue weighted by Crippen LogP contribution is -2.24. The number of hydrogen-bond donors (Lipinski definition) is 0. The number of aryl methyl sites for hydroxylation is 1. The van der Waals surface area contributed by atoms with Crippen molar-refractivity contribution >= 4 is 39.9 Å². The molecule has 0 radical (unpaired) electrons. The first-order valence-electron chi connectivity index (χ1n) is 9.68. The Morgan fingerprint density at radius 2 is 2.03 bits per heavy atom. The Morgan fingerprint density at radius 3 is 2.79 bits per heavy atom. The maximum Gasteiger partial charge on any atom is 0.262 e. The second-order valence-electron chi connectivity index (χ2n) is 7.64. The van der Waals surface area contributed by atoms with E-state index in [9.17, 15) is 4.79 Å². The van der Waals surface area contributed by atoms with Gasteiger partial charge >= 0.3 is 0 Å². The number of fused-ring (bicyclic) bond motifs is 2. The molecular formula is C22H23ClN4OS. The number of rotatable bonds is 6. The van der Waals surface area contributed by atoms with Gasteiger partial charge in [-0.15, -0.1) is 0 Å². The molecule has 0 N–H and O–H groups in total. The van der Waals surface area contributed by atoms with Crippen LogP contribution in [0.2, 0.25) is 5.02 Å². The molecular weight excluding hydrogens is 404 g/mol. The van der Waals surface area contributed by atoms with Crippen molar-refractivity contribution < 1.29 is 0 Å². The third-order valence-corrected chi connectivity index (χ3v) is 6.13. The molecule has 1 aromatic carbocycles. The van der Waals surface area contributed by atoms with E-state index in [1.807, 2.05) is 22.9 Å². The predicted octanol–water partition coefficient (Wildman–Crippen LogP) is 5.34. The summed E-state index contributed by atoms with van der Waals surface area (Å²) in [4.78, 5) is 22.6. The molecule has 0 bridgehead atoms. The molecule has 0 saturated carbocycles. The predicted molar refractivity (Wildman–Crippen MR) is 120 cm³/mol. The average Bonchev–Trinajstić information content (AvgIpc) is 3.10. The van der Waals surface area contributed by atoms with Crippen molar-refractivity contribution in [2.45, 2.75) is 44.6 Å². The van der Waals surface area contributed by atoms with Crippen LogP contribution in [0, 0.1) is 12.8 Å². The molecule has 0 saturated heterocycles. The molecule has 150 valence electrons. The van der Waals surface area contributed by atoms with Gasteiger partial charge in [-0.3, -0.25) is 9.36 Å². The number of halogens is 1. The molecule has 3 aromatic heterocycles. The van der Waals surface area contributed by atoms with Crippen molar-refractivity contribution in [2.75, 3.05) is 0 Å². The highest BCUT2D eigenvalue weighted by Gasteiger charge is 2.14. The fourth-order valence-electron chi connectivity index (χ4n) is 3.28. The van der Waals surface area contributed by atoms with Gasteiger partial charge in [-0.2, -0.15) is 0 Å². The van der Waals surface area contributed by atoms with Crippen LogP contribution in [0.5, 0.6) is 0 Å². The Balaban J connectivity index is 1.70. The molecule has 0 fully saturated rings. The largest absolute Gasteiger partial charge is 0.307 e. The number of thioether (sulfide) groups is 1. The van der Waals surface area contributed by atoms with E-state index in [1.54, 1.807) is 34.5 Å². The van der Waals surface area contributed by atoms with Crippen LogP contribution in [0.4, 0.5) is 0 Å². The van der Waals surface area contributed by atoms with Crippen molar-refractivity contribution in [2.24, 2.45) is 5.92 Å². The molecule has 0 spiro atoms. The molecule has 5 nitrogen and oxygen atoms in total. The highest BCUT2D eigenvalue weighted by Crippen LogP contribution is 2.24. The summed E-state index contributed by atoms with van der Waals surface area (Å²) in [6, 6.07) is 9.32. The van der Waals surface area contributed by atoms with Crippen molar-refractivity contribution in [1.29, 1.82) is 0 Å². The first kappa shape index (κ1) is 20.0. The summed E-state index contributed by atoms with van der Waals surface area (Å²) in [6.45, 7) is 7.02. The SMILES string of the molecule is Cc1cccn2cc(CSc3nc4cc(Cl)ccc4c(=O)n3CCC(C)C)nc12. The van der Waals surface area contributed by atoms with Gasteiger partial charge < -0.3 is 4.40 Å². The number of imidazole rings is 1. The molecule has 4 aromatic rings. The van der Waals surface area contributed by atoms with E-state index < -0.39 is 0 Å². The molecule has 0 aliphatic rings. The molecule has 7 heteroatoms. The quantitative estimate of drug-likeness (QED) is 0.308. The zero-order valence-corrected chi connectivity index (χ0v) is 18.3. The summed E-state index contributed by atoms with van der Waals surface area (Å²) in [5.41, 5.74) is 3.67. The van der Waals surface area contributed by atoms with E-state index in [0.29, 0.717) is 39.3 Å². The zero-order chi connectivity index (χ0) is 20.5. The molecule has 0 amide bonds. The fourth-order valence-corrected chi connectivity index (χ4v) is 4.36. The molecule has 0 unspecified atom stereocenters. The Hall–Kier alpha value is -2.31. The van der Waals surface area contributed by atoms with E-state index in [2.05, 4.69) is 26.8 Å². The van der Waals surface area contributed by atoms with Crippen LogP contribution in [0.15, 0.2) is 52.7 Å². The minimum absolute atomic E-state index is 0.0133. The van der Waals surface area contributed by atoms with E-state index in [4.69, 9.17) is 21.6 Å². The van der Waals surface area contributed by atoms with Crippen molar-refractivity contribution in [3.05, 3.63) is 69.4 Å². The van der Waals surface area contributed by atoms with Gasteiger partial charge in [-0.1, -0.05) is 43.3 Å². The van der Waals surface area contributed by atoms with Gasteiger partial charge in [0.2, 0.25) is 0 Å². The fraction of sp³-hybridized carbons (Fsp3) is 0.318. The lowest BCUT2D eigenvalue weighted by Gasteiger charge is -2.14. The molecule has 4 rings (SSSR count). The number of pyridine rings is 1. The maximum absolute atomic E-state index is 13.1. The second kappa shape index (κ2) is 8.20. The molecule has 29 heavy (non-hydrogen) atoms. The molecule has 3 heterocycles. The first-order chi connectivity index (χ1) is 13.9. The summed E-state index contributed by atoms with van der Waals surface area (Å²) in [5.74, 6) is 1.14. The second-order valence-corrected chi connectivity index (χ2v) is 9.02.